The minimum atomic E-state index is -0.350. The molecule has 0 amide bonds. The molecule has 0 bridgehead atoms. The number of halogens is 1. The maximum absolute atomic E-state index is 11.0. The normalized spacial score (nSPS) is 14.1. The molecule has 0 unspecified atom stereocenters. The van der Waals surface area contributed by atoms with Crippen molar-refractivity contribution in [1.82, 2.24) is 0 Å². The van der Waals surface area contributed by atoms with Crippen LogP contribution in [0.2, 0.25) is 0 Å². The van der Waals surface area contributed by atoms with Crippen LogP contribution in [0.25, 0.3) is 6.08 Å². The molecule has 1 aliphatic carbocycles. The van der Waals surface area contributed by atoms with E-state index >= 15 is 0 Å². The summed E-state index contributed by atoms with van der Waals surface area (Å²) in [5.41, 5.74) is 2.96. The van der Waals surface area contributed by atoms with E-state index in [1.165, 1.54) is 5.56 Å². The van der Waals surface area contributed by atoms with Crippen LogP contribution in [0.4, 0.5) is 0 Å². The van der Waals surface area contributed by atoms with Crippen LogP contribution >= 0.6 is 11.6 Å². The molecule has 0 aromatic heterocycles. The lowest BCUT2D eigenvalue weighted by Gasteiger charge is -2.14. The highest BCUT2D eigenvalue weighted by molar-refractivity contribution is 6.68. The van der Waals surface area contributed by atoms with Crippen molar-refractivity contribution in [1.29, 1.82) is 0 Å². The van der Waals surface area contributed by atoms with Gasteiger partial charge in [-0.25, -0.2) is 0 Å². The van der Waals surface area contributed by atoms with Gasteiger partial charge in [0.2, 0.25) is 5.24 Å². The van der Waals surface area contributed by atoms with E-state index in [4.69, 9.17) is 16.3 Å². The number of rotatable bonds is 2. The van der Waals surface area contributed by atoms with Gasteiger partial charge in [-0.3, -0.25) is 4.79 Å². The van der Waals surface area contributed by atoms with E-state index in [0.29, 0.717) is 12.0 Å². The number of aryl methyl sites for hydroxylation is 1. The van der Waals surface area contributed by atoms with Crippen LogP contribution in [-0.2, 0) is 11.2 Å². The molecule has 0 spiro atoms. The predicted octanol–water partition coefficient (Wildman–Crippen LogP) is 2.79. The first-order chi connectivity index (χ1) is 7.20. The fourth-order valence-corrected chi connectivity index (χ4v) is 1.90. The third-order valence-electron chi connectivity index (χ3n) is 2.60. The Kier molecular flexibility index (Phi) is 2.78. The zero-order valence-electron chi connectivity index (χ0n) is 8.42. The molecule has 78 valence electrons. The molecule has 0 aliphatic heterocycles. The lowest BCUT2D eigenvalue weighted by molar-refractivity contribution is -0.108. The Morgan fingerprint density at radius 1 is 1.40 bits per heavy atom. The Labute approximate surface area is 93.5 Å². The monoisotopic (exact) mass is 222 g/mol. The molecule has 2 rings (SSSR count). The summed E-state index contributed by atoms with van der Waals surface area (Å²) in [6.07, 6.45) is 3.41. The van der Waals surface area contributed by atoms with Gasteiger partial charge in [0.25, 0.3) is 0 Å². The van der Waals surface area contributed by atoms with Crippen molar-refractivity contribution in [3.8, 4) is 5.75 Å². The molecular formula is C12H11ClO2. The van der Waals surface area contributed by atoms with E-state index in [-0.39, 0.29) is 5.24 Å². The zero-order chi connectivity index (χ0) is 10.8. The molecule has 0 radical (unpaired) electrons. The fourth-order valence-electron chi connectivity index (χ4n) is 1.75. The smallest absolute Gasteiger partial charge is 0.248 e. The van der Waals surface area contributed by atoms with Crippen LogP contribution in [0.15, 0.2) is 23.8 Å². The Morgan fingerprint density at radius 3 is 2.87 bits per heavy atom. The average molecular weight is 223 g/mol. The molecule has 0 saturated carbocycles. The highest BCUT2D eigenvalue weighted by Gasteiger charge is 2.14. The molecule has 0 N–H and O–H groups in total. The highest BCUT2D eigenvalue weighted by atomic mass is 35.5. The minimum absolute atomic E-state index is 0.350. The summed E-state index contributed by atoms with van der Waals surface area (Å²) >= 11 is 5.45. The SMILES string of the molecule is COc1ccc2c(c1)CCC(C(=O)Cl)=C2. The molecule has 0 atom stereocenters. The fraction of sp³-hybridized carbons (Fsp3) is 0.250. The molecule has 0 fully saturated rings. The number of benzene rings is 1. The Morgan fingerprint density at radius 2 is 2.20 bits per heavy atom. The average Bonchev–Trinajstić information content (AvgIpc) is 2.27. The molecule has 0 saturated heterocycles. The first-order valence-corrected chi connectivity index (χ1v) is 5.16. The van der Waals surface area contributed by atoms with Gasteiger partial charge in [0.05, 0.1) is 7.11 Å². The summed E-state index contributed by atoms with van der Waals surface area (Å²) in [5, 5.41) is -0.350. The summed E-state index contributed by atoms with van der Waals surface area (Å²) in [6.45, 7) is 0. The molecule has 0 heterocycles. The van der Waals surface area contributed by atoms with Gasteiger partial charge in [-0.15, -0.1) is 0 Å². The Balaban J connectivity index is 2.40. The third kappa shape index (κ3) is 2.05. The van der Waals surface area contributed by atoms with Gasteiger partial charge in [-0.2, -0.15) is 0 Å². The molecule has 3 heteroatoms. The van der Waals surface area contributed by atoms with Gasteiger partial charge in [0.15, 0.2) is 0 Å². The number of methoxy groups -OCH3 is 1. The van der Waals surface area contributed by atoms with Crippen molar-refractivity contribution in [2.75, 3.05) is 7.11 Å². The van der Waals surface area contributed by atoms with Crippen LogP contribution in [-0.4, -0.2) is 12.4 Å². The quantitative estimate of drug-likeness (QED) is 0.720. The van der Waals surface area contributed by atoms with Crippen molar-refractivity contribution in [2.24, 2.45) is 0 Å². The highest BCUT2D eigenvalue weighted by Crippen LogP contribution is 2.28. The van der Waals surface area contributed by atoms with E-state index in [9.17, 15) is 4.79 Å². The van der Waals surface area contributed by atoms with Gasteiger partial charge in [-0.05, 0) is 53.8 Å². The molecule has 15 heavy (non-hydrogen) atoms. The van der Waals surface area contributed by atoms with E-state index in [1.807, 2.05) is 24.3 Å². The summed E-state index contributed by atoms with van der Waals surface area (Å²) < 4.78 is 5.14. The van der Waals surface area contributed by atoms with Crippen molar-refractivity contribution >= 4 is 22.9 Å². The van der Waals surface area contributed by atoms with E-state index in [1.54, 1.807) is 7.11 Å². The molecular weight excluding hydrogens is 212 g/mol. The zero-order valence-corrected chi connectivity index (χ0v) is 9.17. The third-order valence-corrected chi connectivity index (χ3v) is 2.84. The number of fused-ring (bicyclic) bond motifs is 1. The molecule has 2 nitrogen and oxygen atoms in total. The predicted molar refractivity (Wildman–Crippen MR) is 60.2 cm³/mol. The van der Waals surface area contributed by atoms with Gasteiger partial charge < -0.3 is 4.74 Å². The summed E-state index contributed by atoms with van der Waals surface area (Å²) in [7, 11) is 1.65. The first kappa shape index (κ1) is 10.2. The summed E-state index contributed by atoms with van der Waals surface area (Å²) in [6, 6.07) is 5.84. The molecule has 1 aromatic carbocycles. The van der Waals surface area contributed by atoms with Gasteiger partial charge >= 0.3 is 0 Å². The van der Waals surface area contributed by atoms with E-state index in [2.05, 4.69) is 0 Å². The second-order valence-corrected chi connectivity index (χ2v) is 3.85. The van der Waals surface area contributed by atoms with Gasteiger partial charge in [-0.1, -0.05) is 6.07 Å². The number of hydrogen-bond donors (Lipinski definition) is 0. The largest absolute Gasteiger partial charge is 0.497 e. The summed E-state index contributed by atoms with van der Waals surface area (Å²) in [5.74, 6) is 0.850. The second kappa shape index (κ2) is 4.07. The van der Waals surface area contributed by atoms with Gasteiger partial charge in [0, 0.05) is 5.57 Å². The second-order valence-electron chi connectivity index (χ2n) is 3.51. The Hall–Kier alpha value is -1.28. The van der Waals surface area contributed by atoms with E-state index < -0.39 is 0 Å². The van der Waals surface area contributed by atoms with Crippen molar-refractivity contribution in [3.63, 3.8) is 0 Å². The first-order valence-electron chi connectivity index (χ1n) is 4.78. The van der Waals surface area contributed by atoms with Crippen LogP contribution in [0, 0.1) is 0 Å². The maximum atomic E-state index is 11.0. The number of allylic oxidation sites excluding steroid dienone is 1. The van der Waals surface area contributed by atoms with Crippen LogP contribution in [0.3, 0.4) is 0 Å². The lowest BCUT2D eigenvalue weighted by atomic mass is 9.92. The van der Waals surface area contributed by atoms with Crippen LogP contribution < -0.4 is 4.74 Å². The topological polar surface area (TPSA) is 26.3 Å². The summed E-state index contributed by atoms with van der Waals surface area (Å²) in [4.78, 5) is 11.0. The van der Waals surface area contributed by atoms with E-state index in [0.717, 1.165) is 17.7 Å². The molecule has 1 aromatic rings. The number of carbonyl (C=O) groups is 1. The maximum Gasteiger partial charge on any atom is 0.248 e. The standard InChI is InChI=1S/C12H11ClO2/c1-15-11-5-4-8-6-10(12(13)14)3-2-9(8)7-11/h4-7H,2-3H2,1H3. The Bertz CT molecular complexity index is 435. The number of ether oxygens (including phenoxy) is 1. The van der Waals surface area contributed by atoms with Crippen LogP contribution in [0.5, 0.6) is 5.75 Å². The number of carbonyl (C=O) groups excluding carboxylic acids is 1. The van der Waals surface area contributed by atoms with Crippen LogP contribution in [0.1, 0.15) is 17.5 Å². The number of hydrogen-bond acceptors (Lipinski definition) is 2. The van der Waals surface area contributed by atoms with Crippen molar-refractivity contribution in [3.05, 3.63) is 34.9 Å². The minimum Gasteiger partial charge on any atom is -0.497 e. The lowest BCUT2D eigenvalue weighted by Crippen LogP contribution is -2.03. The molecule has 1 aliphatic rings. The van der Waals surface area contributed by atoms with Gasteiger partial charge in [0.1, 0.15) is 5.75 Å². The van der Waals surface area contributed by atoms with Crippen molar-refractivity contribution in [2.45, 2.75) is 12.8 Å². The van der Waals surface area contributed by atoms with Crippen molar-refractivity contribution < 1.29 is 9.53 Å².